The molecule has 1 saturated carbocycles. The second kappa shape index (κ2) is 2.40. The molecule has 0 heteroatoms. The minimum absolute atomic E-state index is 0.576. The fourth-order valence-corrected chi connectivity index (χ4v) is 4.38. The fourth-order valence-electron chi connectivity index (χ4n) is 4.38. The highest BCUT2D eigenvalue weighted by molar-refractivity contribution is 5.36. The molecular weight excluding hydrogens is 156 g/mol. The Labute approximate surface area is 81.4 Å². The molecule has 2 atom stereocenters. The van der Waals surface area contributed by atoms with E-state index in [0.717, 1.165) is 11.8 Å². The molecule has 3 aliphatic carbocycles. The third-order valence-electron chi connectivity index (χ3n) is 4.93. The van der Waals surface area contributed by atoms with Gasteiger partial charge in [0.15, 0.2) is 0 Å². The Morgan fingerprint density at radius 1 is 1.08 bits per heavy atom. The van der Waals surface area contributed by atoms with Gasteiger partial charge >= 0.3 is 0 Å². The molecule has 3 aliphatic rings. The molecule has 0 radical (unpaired) electrons. The highest BCUT2D eigenvalue weighted by Gasteiger charge is 2.50. The molecule has 0 aromatic rings. The maximum Gasteiger partial charge on any atom is -0.0108 e. The van der Waals surface area contributed by atoms with Crippen LogP contribution in [0.4, 0.5) is 0 Å². The molecule has 0 aliphatic heterocycles. The lowest BCUT2D eigenvalue weighted by molar-refractivity contribution is 0.251. The van der Waals surface area contributed by atoms with Crippen molar-refractivity contribution in [2.24, 2.45) is 17.3 Å². The van der Waals surface area contributed by atoms with Crippen molar-refractivity contribution in [3.8, 4) is 0 Å². The van der Waals surface area contributed by atoms with Crippen molar-refractivity contribution in [1.29, 1.82) is 0 Å². The SMILES string of the molecule is CC1(C)C2=C(CCC2)[C@@H]2CCC[C@@H]21. The van der Waals surface area contributed by atoms with E-state index in [1.54, 1.807) is 0 Å². The van der Waals surface area contributed by atoms with Gasteiger partial charge in [-0.05, 0) is 49.4 Å². The van der Waals surface area contributed by atoms with Crippen LogP contribution in [0.2, 0.25) is 0 Å². The molecule has 0 unspecified atom stereocenters. The summed E-state index contributed by atoms with van der Waals surface area (Å²) in [6.07, 6.45) is 8.83. The van der Waals surface area contributed by atoms with Crippen LogP contribution in [0.1, 0.15) is 52.4 Å². The molecule has 0 aromatic heterocycles. The van der Waals surface area contributed by atoms with Crippen molar-refractivity contribution in [2.75, 3.05) is 0 Å². The lowest BCUT2D eigenvalue weighted by atomic mass is 9.74. The Balaban J connectivity index is 2.06. The molecule has 72 valence electrons. The molecule has 0 heterocycles. The minimum atomic E-state index is 0.576. The van der Waals surface area contributed by atoms with E-state index in [9.17, 15) is 0 Å². The summed E-state index contributed by atoms with van der Waals surface area (Å²) in [5.41, 5.74) is 4.36. The molecule has 13 heavy (non-hydrogen) atoms. The summed E-state index contributed by atoms with van der Waals surface area (Å²) in [6.45, 7) is 5.01. The Morgan fingerprint density at radius 3 is 2.77 bits per heavy atom. The van der Waals surface area contributed by atoms with Crippen LogP contribution in [-0.4, -0.2) is 0 Å². The number of hydrogen-bond acceptors (Lipinski definition) is 0. The molecule has 1 fully saturated rings. The zero-order valence-corrected chi connectivity index (χ0v) is 8.90. The largest absolute Gasteiger partial charge is 0.0670 e. The third-order valence-corrected chi connectivity index (χ3v) is 4.93. The smallest absolute Gasteiger partial charge is 0.0108 e. The predicted octanol–water partition coefficient (Wildman–Crippen LogP) is 3.92. The Hall–Kier alpha value is -0.260. The zero-order valence-electron chi connectivity index (χ0n) is 8.90. The normalized spacial score (nSPS) is 41.1. The third kappa shape index (κ3) is 0.872. The molecule has 0 saturated heterocycles. The van der Waals surface area contributed by atoms with E-state index in [2.05, 4.69) is 13.8 Å². The predicted molar refractivity (Wildman–Crippen MR) is 55.5 cm³/mol. The standard InChI is InChI=1S/C13H20/c1-13(2)11-7-3-5-9(11)10-6-4-8-12(10)13/h9,11H,3-8H2,1-2H3/t9-,11-/m0/s1. The van der Waals surface area contributed by atoms with Gasteiger partial charge in [0, 0.05) is 0 Å². The summed E-state index contributed by atoms with van der Waals surface area (Å²) >= 11 is 0. The highest BCUT2D eigenvalue weighted by Crippen LogP contribution is 2.61. The van der Waals surface area contributed by atoms with E-state index in [-0.39, 0.29) is 0 Å². The summed E-state index contributed by atoms with van der Waals surface area (Å²) < 4.78 is 0. The molecule has 0 bridgehead atoms. The van der Waals surface area contributed by atoms with Gasteiger partial charge < -0.3 is 0 Å². The number of fused-ring (bicyclic) bond motifs is 2. The Morgan fingerprint density at radius 2 is 1.92 bits per heavy atom. The van der Waals surface area contributed by atoms with E-state index >= 15 is 0 Å². The van der Waals surface area contributed by atoms with E-state index in [4.69, 9.17) is 0 Å². The average molecular weight is 176 g/mol. The van der Waals surface area contributed by atoms with Crippen molar-refractivity contribution in [3.63, 3.8) is 0 Å². The van der Waals surface area contributed by atoms with Crippen molar-refractivity contribution in [3.05, 3.63) is 11.1 Å². The van der Waals surface area contributed by atoms with Gasteiger partial charge in [0.1, 0.15) is 0 Å². The molecule has 3 rings (SSSR count). The number of hydrogen-bond donors (Lipinski definition) is 0. The molecule has 0 aromatic carbocycles. The van der Waals surface area contributed by atoms with E-state index in [0.29, 0.717) is 5.41 Å². The summed E-state index contributed by atoms with van der Waals surface area (Å²) in [6, 6.07) is 0. The van der Waals surface area contributed by atoms with Crippen LogP contribution in [0.25, 0.3) is 0 Å². The van der Waals surface area contributed by atoms with Crippen LogP contribution in [0, 0.1) is 17.3 Å². The maximum atomic E-state index is 2.50. The minimum Gasteiger partial charge on any atom is -0.0670 e. The maximum absolute atomic E-state index is 2.50. The summed E-state index contributed by atoms with van der Waals surface area (Å²) in [4.78, 5) is 0. The van der Waals surface area contributed by atoms with Crippen molar-refractivity contribution >= 4 is 0 Å². The van der Waals surface area contributed by atoms with Gasteiger partial charge in [0.25, 0.3) is 0 Å². The van der Waals surface area contributed by atoms with Crippen molar-refractivity contribution < 1.29 is 0 Å². The number of rotatable bonds is 0. The average Bonchev–Trinajstić information content (AvgIpc) is 2.74. The van der Waals surface area contributed by atoms with Crippen molar-refractivity contribution in [2.45, 2.75) is 52.4 Å². The summed E-state index contributed by atoms with van der Waals surface area (Å²) in [5.74, 6) is 2.05. The first kappa shape index (κ1) is 8.08. The van der Waals surface area contributed by atoms with Gasteiger partial charge in [-0.3, -0.25) is 0 Å². The highest BCUT2D eigenvalue weighted by atomic mass is 14.5. The van der Waals surface area contributed by atoms with Crippen LogP contribution in [0.5, 0.6) is 0 Å². The van der Waals surface area contributed by atoms with Gasteiger partial charge in [-0.1, -0.05) is 31.4 Å². The lowest BCUT2D eigenvalue weighted by Gasteiger charge is -2.30. The van der Waals surface area contributed by atoms with Crippen molar-refractivity contribution in [1.82, 2.24) is 0 Å². The quantitative estimate of drug-likeness (QED) is 0.491. The zero-order chi connectivity index (χ0) is 9.05. The summed E-state index contributed by atoms with van der Waals surface area (Å²) in [7, 11) is 0. The molecular formula is C13H20. The first-order valence-electron chi connectivity index (χ1n) is 5.93. The second-order valence-corrected chi connectivity index (χ2v) is 5.72. The van der Waals surface area contributed by atoms with Crippen LogP contribution >= 0.6 is 0 Å². The molecule has 0 spiro atoms. The van der Waals surface area contributed by atoms with E-state index < -0.39 is 0 Å². The van der Waals surface area contributed by atoms with E-state index in [1.807, 2.05) is 11.1 Å². The number of allylic oxidation sites excluding steroid dienone is 2. The van der Waals surface area contributed by atoms with Gasteiger partial charge in [0.05, 0.1) is 0 Å². The van der Waals surface area contributed by atoms with Crippen LogP contribution < -0.4 is 0 Å². The Kier molecular flexibility index (Phi) is 1.49. The molecule has 0 amide bonds. The second-order valence-electron chi connectivity index (χ2n) is 5.72. The van der Waals surface area contributed by atoms with E-state index in [1.165, 1.54) is 38.5 Å². The molecule has 0 N–H and O–H groups in total. The van der Waals surface area contributed by atoms with Crippen LogP contribution in [0.15, 0.2) is 11.1 Å². The summed E-state index contributed by atoms with van der Waals surface area (Å²) in [5, 5.41) is 0. The van der Waals surface area contributed by atoms with Gasteiger partial charge in [-0.15, -0.1) is 0 Å². The first-order valence-corrected chi connectivity index (χ1v) is 5.93. The first-order chi connectivity index (χ1) is 6.21. The monoisotopic (exact) mass is 176 g/mol. The van der Waals surface area contributed by atoms with Gasteiger partial charge in [-0.2, -0.15) is 0 Å². The lowest BCUT2D eigenvalue weighted by Crippen LogP contribution is -2.22. The fraction of sp³-hybridized carbons (Fsp3) is 0.846. The van der Waals surface area contributed by atoms with Gasteiger partial charge in [0.2, 0.25) is 0 Å². The Bertz CT molecular complexity index is 270. The van der Waals surface area contributed by atoms with Gasteiger partial charge in [-0.25, -0.2) is 0 Å². The van der Waals surface area contributed by atoms with Crippen LogP contribution in [-0.2, 0) is 0 Å². The molecule has 0 nitrogen and oxygen atoms in total. The topological polar surface area (TPSA) is 0 Å². The van der Waals surface area contributed by atoms with Crippen LogP contribution in [0.3, 0.4) is 0 Å².